The van der Waals surface area contributed by atoms with Gasteiger partial charge in [0.25, 0.3) is 5.82 Å². The summed E-state index contributed by atoms with van der Waals surface area (Å²) >= 11 is 0. The van der Waals surface area contributed by atoms with Crippen LogP contribution in [0.1, 0.15) is 35.8 Å². The van der Waals surface area contributed by atoms with Crippen LogP contribution in [-0.4, -0.2) is 39.9 Å². The minimum absolute atomic E-state index is 0.153. The molecule has 2 N–H and O–H groups in total. The van der Waals surface area contributed by atoms with Gasteiger partial charge >= 0.3 is 6.18 Å². The zero-order valence-electron chi connectivity index (χ0n) is 16.9. The minimum Gasteiger partial charge on any atom is -0.496 e. The van der Waals surface area contributed by atoms with Crippen molar-refractivity contribution < 1.29 is 17.9 Å². The summed E-state index contributed by atoms with van der Waals surface area (Å²) in [6.45, 7) is 1.37. The standard InChI is InChI=1S/C21H23F3N6O/c1-31-18-10-9-16(30-20(21(22,23)24)27-28-29-30)12-15(18)13-26-17-8-5-11-25-19(17)14-6-3-2-4-7-14/h2-4,6-7,9-10,12,17,19,25-26H,5,8,11,13H2,1H3/t17-,19-/m0/s1/i1-1. The lowest BCUT2D eigenvalue weighted by atomic mass is 9.92. The summed E-state index contributed by atoms with van der Waals surface area (Å²) in [4.78, 5) is 0. The zero-order chi connectivity index (χ0) is 21.8. The molecule has 1 aliphatic rings. The first-order valence-corrected chi connectivity index (χ1v) is 10.0. The number of hydrogen-bond acceptors (Lipinski definition) is 6. The molecule has 0 amide bonds. The van der Waals surface area contributed by atoms with Crippen molar-refractivity contribution in [2.45, 2.75) is 37.6 Å². The summed E-state index contributed by atoms with van der Waals surface area (Å²) in [5.74, 6) is -0.588. The number of benzene rings is 2. The fourth-order valence-corrected chi connectivity index (χ4v) is 3.93. The Morgan fingerprint density at radius 2 is 2.00 bits per heavy atom. The first-order chi connectivity index (χ1) is 15.0. The zero-order valence-corrected chi connectivity index (χ0v) is 16.9. The van der Waals surface area contributed by atoms with Crippen molar-refractivity contribution in [3.63, 3.8) is 0 Å². The number of piperidine rings is 1. The van der Waals surface area contributed by atoms with E-state index in [4.69, 9.17) is 4.74 Å². The van der Waals surface area contributed by atoms with Gasteiger partial charge in [0, 0.05) is 24.2 Å². The van der Waals surface area contributed by atoms with Gasteiger partial charge in [0.05, 0.1) is 12.8 Å². The van der Waals surface area contributed by atoms with Crippen molar-refractivity contribution in [1.82, 2.24) is 30.8 Å². The number of aromatic nitrogens is 4. The highest BCUT2D eigenvalue weighted by atomic mass is 19.4. The molecule has 10 heteroatoms. The number of methoxy groups -OCH3 is 1. The van der Waals surface area contributed by atoms with E-state index in [1.54, 1.807) is 12.1 Å². The van der Waals surface area contributed by atoms with Crippen molar-refractivity contribution in [2.24, 2.45) is 0 Å². The number of alkyl halides is 3. The maximum atomic E-state index is 13.2. The van der Waals surface area contributed by atoms with Crippen LogP contribution >= 0.6 is 0 Å². The van der Waals surface area contributed by atoms with Crippen molar-refractivity contribution in [3.05, 3.63) is 65.5 Å². The van der Waals surface area contributed by atoms with Gasteiger partial charge in [-0.25, -0.2) is 0 Å². The van der Waals surface area contributed by atoms with Gasteiger partial charge in [0.2, 0.25) is 0 Å². The Bertz CT molecular complexity index is 1010. The first kappa shape index (κ1) is 21.3. The van der Waals surface area contributed by atoms with E-state index in [1.165, 1.54) is 18.7 Å². The topological polar surface area (TPSA) is 76.9 Å². The summed E-state index contributed by atoms with van der Waals surface area (Å²) < 4.78 is 45.7. The van der Waals surface area contributed by atoms with Crippen LogP contribution in [0.5, 0.6) is 5.75 Å². The molecule has 1 aliphatic heterocycles. The quantitative estimate of drug-likeness (QED) is 0.624. The molecule has 2 heterocycles. The molecule has 7 nitrogen and oxygen atoms in total. The Balaban J connectivity index is 1.57. The summed E-state index contributed by atoms with van der Waals surface area (Å²) in [6, 6.07) is 15.3. The van der Waals surface area contributed by atoms with Gasteiger partial charge in [0.15, 0.2) is 0 Å². The van der Waals surface area contributed by atoms with Crippen molar-refractivity contribution in [2.75, 3.05) is 13.7 Å². The summed E-state index contributed by atoms with van der Waals surface area (Å²) in [7, 11) is 1.53. The SMILES string of the molecule is [11CH3]Oc1ccc(-n2nnnc2C(F)(F)F)cc1CN[C@H]1CCCN[C@H]1c1ccccc1. The highest BCUT2D eigenvalue weighted by Crippen LogP contribution is 2.30. The fraction of sp³-hybridized carbons (Fsp3) is 0.381. The van der Waals surface area contributed by atoms with Crippen LogP contribution in [0.2, 0.25) is 0 Å². The lowest BCUT2D eigenvalue weighted by Crippen LogP contribution is -2.45. The monoisotopic (exact) mass is 431 g/mol. The third kappa shape index (κ3) is 4.70. The number of halogens is 3. The van der Waals surface area contributed by atoms with Gasteiger partial charge in [-0.05, 0) is 53.6 Å². The molecule has 164 valence electrons. The molecular formula is C21H23F3N6O. The Labute approximate surface area is 177 Å². The average Bonchev–Trinajstić information content (AvgIpc) is 3.29. The van der Waals surface area contributed by atoms with Gasteiger partial charge in [-0.1, -0.05) is 30.3 Å². The van der Waals surface area contributed by atoms with E-state index in [-0.39, 0.29) is 17.8 Å². The molecular weight excluding hydrogens is 408 g/mol. The van der Waals surface area contributed by atoms with Crippen LogP contribution in [0, 0.1) is 0 Å². The van der Waals surface area contributed by atoms with Gasteiger partial charge in [-0.2, -0.15) is 17.9 Å². The second-order valence-electron chi connectivity index (χ2n) is 7.38. The highest BCUT2D eigenvalue weighted by Gasteiger charge is 2.38. The molecule has 1 saturated heterocycles. The minimum atomic E-state index is -4.65. The molecule has 0 aliphatic carbocycles. The van der Waals surface area contributed by atoms with Crippen LogP contribution in [0.15, 0.2) is 48.5 Å². The van der Waals surface area contributed by atoms with E-state index in [0.29, 0.717) is 17.0 Å². The first-order valence-electron chi connectivity index (χ1n) is 10.0. The number of nitrogens with zero attached hydrogens (tertiary/aromatic N) is 4. The van der Waals surface area contributed by atoms with E-state index in [2.05, 4.69) is 38.3 Å². The molecule has 0 saturated carbocycles. The van der Waals surface area contributed by atoms with E-state index in [0.717, 1.165) is 24.9 Å². The molecule has 0 radical (unpaired) electrons. The maximum absolute atomic E-state index is 13.2. The van der Waals surface area contributed by atoms with Crippen LogP contribution in [-0.2, 0) is 12.7 Å². The number of nitrogens with one attached hydrogen (secondary N) is 2. The van der Waals surface area contributed by atoms with Crippen molar-refractivity contribution >= 4 is 0 Å². The predicted octanol–water partition coefficient (Wildman–Crippen LogP) is 3.27. The maximum Gasteiger partial charge on any atom is 0.453 e. The second-order valence-corrected chi connectivity index (χ2v) is 7.38. The van der Waals surface area contributed by atoms with Gasteiger partial charge in [0.1, 0.15) is 5.75 Å². The molecule has 0 spiro atoms. The lowest BCUT2D eigenvalue weighted by Gasteiger charge is -2.34. The Hall–Kier alpha value is -2.98. The van der Waals surface area contributed by atoms with Gasteiger partial charge in [-0.3, -0.25) is 0 Å². The van der Waals surface area contributed by atoms with Gasteiger partial charge < -0.3 is 15.4 Å². The lowest BCUT2D eigenvalue weighted by molar-refractivity contribution is -0.146. The number of rotatable bonds is 6. The number of hydrogen-bond donors (Lipinski definition) is 2. The van der Waals surface area contributed by atoms with E-state index < -0.39 is 12.0 Å². The molecule has 31 heavy (non-hydrogen) atoms. The third-order valence-electron chi connectivity index (χ3n) is 5.40. The van der Waals surface area contributed by atoms with Crippen LogP contribution in [0.25, 0.3) is 5.69 Å². The van der Waals surface area contributed by atoms with Crippen LogP contribution < -0.4 is 15.4 Å². The fourth-order valence-electron chi connectivity index (χ4n) is 3.93. The molecule has 3 aromatic rings. The predicted molar refractivity (Wildman–Crippen MR) is 108 cm³/mol. The van der Waals surface area contributed by atoms with Crippen LogP contribution in [0.4, 0.5) is 13.2 Å². The molecule has 1 fully saturated rings. The Morgan fingerprint density at radius 3 is 2.74 bits per heavy atom. The van der Waals surface area contributed by atoms with Crippen molar-refractivity contribution in [3.8, 4) is 11.4 Å². The summed E-state index contributed by atoms with van der Waals surface area (Å²) in [6.07, 6.45) is -2.63. The molecule has 0 bridgehead atoms. The summed E-state index contributed by atoms with van der Waals surface area (Å²) in [5.41, 5.74) is 2.14. The van der Waals surface area contributed by atoms with E-state index in [9.17, 15) is 13.2 Å². The smallest absolute Gasteiger partial charge is 0.453 e. The van der Waals surface area contributed by atoms with Crippen LogP contribution in [0.3, 0.4) is 0 Å². The second kappa shape index (κ2) is 9.03. The molecule has 4 rings (SSSR count). The normalized spacial score (nSPS) is 19.4. The summed E-state index contributed by atoms with van der Waals surface area (Å²) in [5, 5.41) is 16.9. The Kier molecular flexibility index (Phi) is 6.19. The molecule has 2 atom stereocenters. The van der Waals surface area contributed by atoms with E-state index in [1.807, 2.05) is 18.2 Å². The average molecular weight is 431 g/mol. The third-order valence-corrected chi connectivity index (χ3v) is 5.40. The molecule has 1 aromatic heterocycles. The Morgan fingerprint density at radius 1 is 1.19 bits per heavy atom. The van der Waals surface area contributed by atoms with Crippen molar-refractivity contribution in [1.29, 1.82) is 0 Å². The molecule has 0 unspecified atom stereocenters. The highest BCUT2D eigenvalue weighted by molar-refractivity contribution is 5.44. The number of ether oxygens (including phenoxy) is 1. The molecule has 2 aromatic carbocycles. The largest absolute Gasteiger partial charge is 0.496 e. The number of tetrazole rings is 1. The van der Waals surface area contributed by atoms with Gasteiger partial charge in [-0.15, -0.1) is 5.10 Å². The van der Waals surface area contributed by atoms with E-state index >= 15 is 0 Å².